The van der Waals surface area contributed by atoms with Gasteiger partial charge >= 0.3 is 0 Å². The third-order valence-electron chi connectivity index (χ3n) is 4.26. The van der Waals surface area contributed by atoms with Crippen LogP contribution in [0.3, 0.4) is 0 Å². The Labute approximate surface area is 144 Å². The van der Waals surface area contributed by atoms with Gasteiger partial charge in [0.25, 0.3) is 0 Å². The minimum absolute atomic E-state index is 0.889. The third kappa shape index (κ3) is 3.09. The first-order valence-corrected chi connectivity index (χ1v) is 9.93. The molecule has 3 aromatic carbocycles. The SMILES string of the molecule is Cc1cc(C)cc(P(=O)(c2ccccc2)c2cc(C)cc(C)c2)c1. The number of hydrogen-bond acceptors (Lipinski definition) is 1. The minimum atomic E-state index is -2.88. The lowest BCUT2D eigenvalue weighted by atomic mass is 10.2. The highest BCUT2D eigenvalue weighted by molar-refractivity contribution is 7.85. The van der Waals surface area contributed by atoms with Crippen LogP contribution in [0.1, 0.15) is 22.3 Å². The summed E-state index contributed by atoms with van der Waals surface area (Å²) in [6.45, 7) is 8.25. The van der Waals surface area contributed by atoms with E-state index >= 15 is 0 Å². The Balaban J connectivity index is 2.35. The molecule has 2 heteroatoms. The van der Waals surface area contributed by atoms with E-state index in [0.717, 1.165) is 38.2 Å². The molecule has 0 aliphatic rings. The van der Waals surface area contributed by atoms with E-state index in [1.807, 2.05) is 30.3 Å². The quantitative estimate of drug-likeness (QED) is 0.642. The molecule has 0 saturated heterocycles. The van der Waals surface area contributed by atoms with Crippen molar-refractivity contribution in [1.82, 2.24) is 0 Å². The normalized spacial score (nSPS) is 11.5. The molecule has 3 aromatic rings. The van der Waals surface area contributed by atoms with Crippen molar-refractivity contribution in [2.24, 2.45) is 0 Å². The largest absolute Gasteiger partial charge is 0.309 e. The molecule has 0 radical (unpaired) electrons. The van der Waals surface area contributed by atoms with Crippen molar-refractivity contribution in [3.8, 4) is 0 Å². The summed E-state index contributed by atoms with van der Waals surface area (Å²) in [6.07, 6.45) is 0. The van der Waals surface area contributed by atoms with E-state index in [1.165, 1.54) is 0 Å². The Kier molecular flexibility index (Phi) is 4.47. The number of hydrogen-bond donors (Lipinski definition) is 0. The summed E-state index contributed by atoms with van der Waals surface area (Å²) in [5.74, 6) is 0. The first kappa shape index (κ1) is 16.7. The Hall–Kier alpha value is -2.11. The summed E-state index contributed by atoms with van der Waals surface area (Å²) >= 11 is 0. The van der Waals surface area contributed by atoms with E-state index < -0.39 is 7.14 Å². The van der Waals surface area contributed by atoms with E-state index in [4.69, 9.17) is 0 Å². The highest BCUT2D eigenvalue weighted by atomic mass is 31.2. The zero-order chi connectivity index (χ0) is 17.3. The molecular formula is C22H23OP. The standard InChI is InChI=1S/C22H23OP/c1-16-10-17(2)13-21(12-16)24(23,20-8-6-5-7-9-20)22-14-18(3)11-19(4)15-22/h5-15H,1-4H3. The van der Waals surface area contributed by atoms with Gasteiger partial charge in [0.1, 0.15) is 0 Å². The van der Waals surface area contributed by atoms with E-state index in [0.29, 0.717) is 0 Å². The zero-order valence-corrected chi connectivity index (χ0v) is 15.6. The molecule has 122 valence electrons. The number of aryl methyl sites for hydroxylation is 4. The number of rotatable bonds is 3. The fraction of sp³-hybridized carbons (Fsp3) is 0.182. The fourth-order valence-corrected chi connectivity index (χ4v) is 6.38. The van der Waals surface area contributed by atoms with Crippen LogP contribution in [-0.2, 0) is 4.57 Å². The molecule has 0 aliphatic carbocycles. The van der Waals surface area contributed by atoms with Crippen LogP contribution in [0.5, 0.6) is 0 Å². The van der Waals surface area contributed by atoms with E-state index in [1.54, 1.807) is 0 Å². The average Bonchev–Trinajstić information content (AvgIpc) is 2.53. The van der Waals surface area contributed by atoms with Crippen LogP contribution in [0.2, 0.25) is 0 Å². The van der Waals surface area contributed by atoms with Gasteiger partial charge < -0.3 is 4.57 Å². The Morgan fingerprint density at radius 1 is 0.542 bits per heavy atom. The summed E-state index contributed by atoms with van der Waals surface area (Å²) in [6, 6.07) is 22.4. The van der Waals surface area contributed by atoms with Gasteiger partial charge in [-0.3, -0.25) is 0 Å². The Bertz CT molecular complexity index is 830. The first-order chi connectivity index (χ1) is 11.4. The summed E-state index contributed by atoms with van der Waals surface area (Å²) in [5, 5.41) is 2.72. The van der Waals surface area contributed by atoms with Gasteiger partial charge in [-0.25, -0.2) is 0 Å². The van der Waals surface area contributed by atoms with Gasteiger partial charge in [0, 0.05) is 15.9 Å². The topological polar surface area (TPSA) is 17.1 Å². The van der Waals surface area contributed by atoms with Crippen LogP contribution >= 0.6 is 7.14 Å². The maximum Gasteiger partial charge on any atom is 0.171 e. The first-order valence-electron chi connectivity index (χ1n) is 8.23. The molecule has 0 bridgehead atoms. The van der Waals surface area contributed by atoms with Gasteiger partial charge in [0.15, 0.2) is 7.14 Å². The smallest absolute Gasteiger partial charge is 0.171 e. The zero-order valence-electron chi connectivity index (χ0n) is 14.7. The molecule has 0 fully saturated rings. The fourth-order valence-electron chi connectivity index (χ4n) is 3.35. The van der Waals surface area contributed by atoms with Crippen molar-refractivity contribution < 1.29 is 4.57 Å². The minimum Gasteiger partial charge on any atom is -0.309 e. The van der Waals surface area contributed by atoms with Crippen LogP contribution in [-0.4, -0.2) is 0 Å². The lowest BCUT2D eigenvalue weighted by Gasteiger charge is -2.22. The maximum atomic E-state index is 14.4. The summed E-state index contributed by atoms with van der Waals surface area (Å²) in [5.41, 5.74) is 4.58. The Morgan fingerprint density at radius 2 is 0.917 bits per heavy atom. The second kappa shape index (κ2) is 6.42. The molecule has 0 unspecified atom stereocenters. The lowest BCUT2D eigenvalue weighted by molar-refractivity contribution is 0.592. The van der Waals surface area contributed by atoms with Crippen LogP contribution < -0.4 is 15.9 Å². The highest BCUT2D eigenvalue weighted by Gasteiger charge is 2.30. The summed E-state index contributed by atoms with van der Waals surface area (Å²) in [7, 11) is -2.88. The predicted molar refractivity (Wildman–Crippen MR) is 105 cm³/mol. The van der Waals surface area contributed by atoms with Crippen molar-refractivity contribution in [3.05, 3.63) is 89.0 Å². The van der Waals surface area contributed by atoms with Gasteiger partial charge in [-0.05, 0) is 52.0 Å². The van der Waals surface area contributed by atoms with Gasteiger partial charge in [0.2, 0.25) is 0 Å². The molecule has 3 rings (SSSR count). The van der Waals surface area contributed by atoms with Gasteiger partial charge in [-0.15, -0.1) is 0 Å². The van der Waals surface area contributed by atoms with E-state index in [9.17, 15) is 4.57 Å². The van der Waals surface area contributed by atoms with E-state index in [-0.39, 0.29) is 0 Å². The molecule has 0 N–H and O–H groups in total. The molecule has 24 heavy (non-hydrogen) atoms. The predicted octanol–water partition coefficient (Wildman–Crippen LogP) is 4.56. The van der Waals surface area contributed by atoms with Gasteiger partial charge in [0.05, 0.1) is 0 Å². The molecule has 0 saturated carbocycles. The summed E-state index contributed by atoms with van der Waals surface area (Å²) in [4.78, 5) is 0. The molecular weight excluding hydrogens is 311 g/mol. The maximum absolute atomic E-state index is 14.4. The monoisotopic (exact) mass is 334 g/mol. The van der Waals surface area contributed by atoms with Gasteiger partial charge in [-0.2, -0.15) is 0 Å². The molecule has 1 nitrogen and oxygen atoms in total. The number of benzene rings is 3. The van der Waals surface area contributed by atoms with Crippen molar-refractivity contribution >= 4 is 23.1 Å². The third-order valence-corrected chi connectivity index (χ3v) is 7.26. The van der Waals surface area contributed by atoms with Gasteiger partial charge in [-0.1, -0.05) is 64.7 Å². The molecule has 0 spiro atoms. The molecule has 0 amide bonds. The van der Waals surface area contributed by atoms with E-state index in [2.05, 4.69) is 64.1 Å². The van der Waals surface area contributed by atoms with Crippen LogP contribution in [0.4, 0.5) is 0 Å². The van der Waals surface area contributed by atoms with Crippen LogP contribution in [0.25, 0.3) is 0 Å². The lowest BCUT2D eigenvalue weighted by Crippen LogP contribution is -2.26. The average molecular weight is 334 g/mol. The molecule has 0 aromatic heterocycles. The van der Waals surface area contributed by atoms with Crippen molar-refractivity contribution in [3.63, 3.8) is 0 Å². The molecule has 0 heterocycles. The second-order valence-electron chi connectivity index (χ2n) is 6.64. The van der Waals surface area contributed by atoms with Crippen molar-refractivity contribution in [2.75, 3.05) is 0 Å². The van der Waals surface area contributed by atoms with Crippen molar-refractivity contribution in [2.45, 2.75) is 27.7 Å². The second-order valence-corrected chi connectivity index (χ2v) is 9.40. The van der Waals surface area contributed by atoms with Crippen LogP contribution in [0, 0.1) is 27.7 Å². The molecule has 0 aliphatic heterocycles. The summed E-state index contributed by atoms with van der Waals surface area (Å²) < 4.78 is 14.4. The molecule has 0 atom stereocenters. The van der Waals surface area contributed by atoms with Crippen LogP contribution in [0.15, 0.2) is 66.7 Å². The highest BCUT2D eigenvalue weighted by Crippen LogP contribution is 2.43. The van der Waals surface area contributed by atoms with Crippen molar-refractivity contribution in [1.29, 1.82) is 0 Å². The Morgan fingerprint density at radius 3 is 1.29 bits per heavy atom.